The molecule has 0 spiro atoms. The van der Waals surface area contributed by atoms with Crippen LogP contribution < -0.4 is 5.32 Å². The third-order valence-electron chi connectivity index (χ3n) is 4.92. The Bertz CT molecular complexity index is 737. The van der Waals surface area contributed by atoms with Crippen molar-refractivity contribution in [1.82, 2.24) is 4.90 Å². The first kappa shape index (κ1) is 17.1. The molecule has 8 nitrogen and oxygen atoms in total. The van der Waals surface area contributed by atoms with E-state index in [4.69, 9.17) is 0 Å². The summed E-state index contributed by atoms with van der Waals surface area (Å²) < 4.78 is 0. The number of nitro groups is 1. The van der Waals surface area contributed by atoms with Crippen LogP contribution in [0.3, 0.4) is 0 Å². The van der Waals surface area contributed by atoms with Gasteiger partial charge in [-0.2, -0.15) is 0 Å². The van der Waals surface area contributed by atoms with Crippen LogP contribution in [0.4, 0.5) is 11.4 Å². The predicted molar refractivity (Wildman–Crippen MR) is 88.6 cm³/mol. The van der Waals surface area contributed by atoms with Crippen LogP contribution in [0.1, 0.15) is 31.2 Å². The Labute approximate surface area is 144 Å². The number of benzene rings is 1. The van der Waals surface area contributed by atoms with E-state index in [1.807, 2.05) is 0 Å². The summed E-state index contributed by atoms with van der Waals surface area (Å²) in [6.07, 6.45) is 3.23. The molecular weight excluding hydrogens is 326 g/mol. The molecule has 8 heteroatoms. The van der Waals surface area contributed by atoms with Crippen LogP contribution in [-0.2, 0) is 14.4 Å². The molecule has 1 aromatic carbocycles. The number of anilines is 1. The highest BCUT2D eigenvalue weighted by molar-refractivity contribution is 6.08. The van der Waals surface area contributed by atoms with Crippen LogP contribution in [0.2, 0.25) is 0 Å². The Morgan fingerprint density at radius 2 is 1.84 bits per heavy atom. The molecule has 25 heavy (non-hydrogen) atoms. The lowest BCUT2D eigenvalue weighted by Crippen LogP contribution is -2.38. The molecule has 1 saturated carbocycles. The molecule has 2 unspecified atom stereocenters. The van der Waals surface area contributed by atoms with Crippen LogP contribution in [0.15, 0.2) is 18.2 Å². The highest BCUT2D eigenvalue weighted by Crippen LogP contribution is 2.37. The zero-order chi connectivity index (χ0) is 18.1. The second-order valence-corrected chi connectivity index (χ2v) is 6.57. The third-order valence-corrected chi connectivity index (χ3v) is 4.92. The first-order valence-electron chi connectivity index (χ1n) is 8.28. The quantitative estimate of drug-likeness (QED) is 0.510. The number of carbonyl (C=O) groups is 3. The fraction of sp³-hybridized carbons (Fsp3) is 0.471. The summed E-state index contributed by atoms with van der Waals surface area (Å²) in [4.78, 5) is 48.4. The van der Waals surface area contributed by atoms with Gasteiger partial charge in [0.25, 0.3) is 5.69 Å². The van der Waals surface area contributed by atoms with Crippen LogP contribution in [0.5, 0.6) is 0 Å². The molecule has 1 aliphatic heterocycles. The minimum atomic E-state index is -0.543. The number of hydrogen-bond acceptors (Lipinski definition) is 5. The standard InChI is InChI=1S/C17H19N3O5/c1-10-6-7-11(8-14(10)20(24)25)18-15(21)9-19-16(22)12-4-2-3-5-13(12)17(19)23/h6-8,12-13H,2-5,9H2,1H3,(H,18,21). The summed E-state index contributed by atoms with van der Waals surface area (Å²) in [6, 6.07) is 4.35. The Morgan fingerprint density at radius 1 is 1.24 bits per heavy atom. The Hall–Kier alpha value is -2.77. The molecule has 2 fully saturated rings. The average molecular weight is 345 g/mol. The lowest BCUT2D eigenvalue weighted by Gasteiger charge is -2.19. The maximum atomic E-state index is 12.4. The lowest BCUT2D eigenvalue weighted by molar-refractivity contribution is -0.385. The topological polar surface area (TPSA) is 110 Å². The maximum Gasteiger partial charge on any atom is 0.274 e. The summed E-state index contributed by atoms with van der Waals surface area (Å²) >= 11 is 0. The minimum Gasteiger partial charge on any atom is -0.324 e. The normalized spacial score (nSPS) is 22.7. The molecule has 1 aromatic rings. The molecule has 0 aromatic heterocycles. The van der Waals surface area contributed by atoms with Crippen LogP contribution in [-0.4, -0.2) is 34.1 Å². The molecule has 1 saturated heterocycles. The molecule has 3 amide bonds. The summed E-state index contributed by atoms with van der Waals surface area (Å²) in [5.74, 6) is -1.69. The number of aryl methyl sites for hydroxylation is 1. The van der Waals surface area contributed by atoms with Crippen LogP contribution in [0, 0.1) is 28.9 Å². The van der Waals surface area contributed by atoms with E-state index >= 15 is 0 Å². The van der Waals surface area contributed by atoms with Crippen molar-refractivity contribution in [2.75, 3.05) is 11.9 Å². The SMILES string of the molecule is Cc1ccc(NC(=O)CN2C(=O)C3CCCCC3C2=O)cc1[N+](=O)[O-]. The number of carbonyl (C=O) groups excluding carboxylic acids is 3. The molecular formula is C17H19N3O5. The predicted octanol–water partition coefficient (Wildman–Crippen LogP) is 2.02. The van der Waals surface area contributed by atoms with Crippen molar-refractivity contribution in [3.05, 3.63) is 33.9 Å². The fourth-order valence-electron chi connectivity index (χ4n) is 3.61. The maximum absolute atomic E-state index is 12.4. The van der Waals surface area contributed by atoms with E-state index in [1.165, 1.54) is 12.1 Å². The third kappa shape index (κ3) is 3.24. The van der Waals surface area contributed by atoms with Gasteiger partial charge in [-0.3, -0.25) is 29.4 Å². The number of nitrogens with zero attached hydrogens (tertiary/aromatic N) is 2. The molecule has 2 atom stereocenters. The first-order valence-corrected chi connectivity index (χ1v) is 8.28. The molecule has 1 heterocycles. The van der Waals surface area contributed by atoms with Gasteiger partial charge in [-0.1, -0.05) is 18.9 Å². The summed E-state index contributed by atoms with van der Waals surface area (Å²) in [7, 11) is 0. The summed E-state index contributed by atoms with van der Waals surface area (Å²) in [6.45, 7) is 1.25. The number of nitrogens with one attached hydrogen (secondary N) is 1. The van der Waals surface area contributed by atoms with Crippen molar-refractivity contribution in [3.63, 3.8) is 0 Å². The van der Waals surface area contributed by atoms with Crippen molar-refractivity contribution in [2.24, 2.45) is 11.8 Å². The van der Waals surface area contributed by atoms with E-state index in [-0.39, 0.29) is 41.6 Å². The zero-order valence-electron chi connectivity index (χ0n) is 13.9. The van der Waals surface area contributed by atoms with Crippen molar-refractivity contribution < 1.29 is 19.3 Å². The van der Waals surface area contributed by atoms with Gasteiger partial charge in [0.1, 0.15) is 6.54 Å². The van der Waals surface area contributed by atoms with Gasteiger partial charge in [-0.15, -0.1) is 0 Å². The number of nitro benzene ring substituents is 1. The number of hydrogen-bond donors (Lipinski definition) is 1. The second-order valence-electron chi connectivity index (χ2n) is 6.57. The van der Waals surface area contributed by atoms with E-state index in [2.05, 4.69) is 5.32 Å². The van der Waals surface area contributed by atoms with E-state index in [0.717, 1.165) is 17.7 Å². The highest BCUT2D eigenvalue weighted by Gasteiger charge is 2.48. The number of likely N-dealkylation sites (tertiary alicyclic amines) is 1. The number of rotatable bonds is 4. The number of imide groups is 1. The zero-order valence-corrected chi connectivity index (χ0v) is 13.9. The Kier molecular flexibility index (Phi) is 4.52. The largest absolute Gasteiger partial charge is 0.324 e. The summed E-state index contributed by atoms with van der Waals surface area (Å²) in [5.41, 5.74) is 0.646. The molecule has 0 radical (unpaired) electrons. The number of fused-ring (bicyclic) bond motifs is 1. The van der Waals surface area contributed by atoms with Crippen LogP contribution in [0.25, 0.3) is 0 Å². The molecule has 1 N–H and O–H groups in total. The Balaban J connectivity index is 1.69. The second kappa shape index (κ2) is 6.62. The van der Waals surface area contributed by atoms with Gasteiger partial charge in [0, 0.05) is 17.3 Å². The van der Waals surface area contributed by atoms with E-state index in [0.29, 0.717) is 18.4 Å². The van der Waals surface area contributed by atoms with E-state index in [9.17, 15) is 24.5 Å². The lowest BCUT2D eigenvalue weighted by atomic mass is 9.81. The molecule has 0 bridgehead atoms. The smallest absolute Gasteiger partial charge is 0.274 e. The monoisotopic (exact) mass is 345 g/mol. The van der Waals surface area contributed by atoms with Crippen molar-refractivity contribution in [3.8, 4) is 0 Å². The Morgan fingerprint density at radius 3 is 2.40 bits per heavy atom. The van der Waals surface area contributed by atoms with E-state index in [1.54, 1.807) is 13.0 Å². The number of amides is 3. The van der Waals surface area contributed by atoms with Gasteiger partial charge in [-0.05, 0) is 25.8 Å². The van der Waals surface area contributed by atoms with Crippen molar-refractivity contribution in [2.45, 2.75) is 32.6 Å². The minimum absolute atomic E-state index is 0.0999. The van der Waals surface area contributed by atoms with Crippen molar-refractivity contribution >= 4 is 29.1 Å². The van der Waals surface area contributed by atoms with Crippen LogP contribution >= 0.6 is 0 Å². The van der Waals surface area contributed by atoms with Gasteiger partial charge in [0.2, 0.25) is 17.7 Å². The average Bonchev–Trinajstić information content (AvgIpc) is 2.82. The van der Waals surface area contributed by atoms with Gasteiger partial charge in [0.05, 0.1) is 16.8 Å². The highest BCUT2D eigenvalue weighted by atomic mass is 16.6. The molecule has 132 valence electrons. The fourth-order valence-corrected chi connectivity index (χ4v) is 3.61. The van der Waals surface area contributed by atoms with E-state index < -0.39 is 10.8 Å². The van der Waals surface area contributed by atoms with Gasteiger partial charge >= 0.3 is 0 Å². The first-order chi connectivity index (χ1) is 11.9. The van der Waals surface area contributed by atoms with Gasteiger partial charge < -0.3 is 5.32 Å². The molecule has 3 rings (SSSR count). The van der Waals surface area contributed by atoms with Gasteiger partial charge in [-0.25, -0.2) is 0 Å². The summed E-state index contributed by atoms with van der Waals surface area (Å²) in [5, 5.41) is 13.5. The molecule has 1 aliphatic carbocycles. The van der Waals surface area contributed by atoms with Gasteiger partial charge in [0.15, 0.2) is 0 Å². The molecule has 2 aliphatic rings. The van der Waals surface area contributed by atoms with Crippen molar-refractivity contribution in [1.29, 1.82) is 0 Å².